The van der Waals surface area contributed by atoms with E-state index in [-0.39, 0.29) is 42.4 Å². The predicted molar refractivity (Wildman–Crippen MR) is 139 cm³/mol. The van der Waals surface area contributed by atoms with Crippen molar-refractivity contribution in [1.82, 2.24) is 9.21 Å². The number of sulfonamides is 1. The van der Waals surface area contributed by atoms with E-state index in [1.807, 2.05) is 26.0 Å². The van der Waals surface area contributed by atoms with Gasteiger partial charge in [0.2, 0.25) is 15.9 Å². The molecule has 0 radical (unpaired) electrons. The fourth-order valence-corrected chi connectivity index (χ4v) is 6.50. The highest BCUT2D eigenvalue weighted by atomic mass is 32.2. The summed E-state index contributed by atoms with van der Waals surface area (Å²) in [6.07, 6.45) is 1.37. The van der Waals surface area contributed by atoms with Gasteiger partial charge in [-0.2, -0.15) is 4.31 Å². The third kappa shape index (κ3) is 6.79. The van der Waals surface area contributed by atoms with E-state index in [4.69, 9.17) is 4.74 Å². The first kappa shape index (κ1) is 26.5. The number of halogens is 1. The van der Waals surface area contributed by atoms with Crippen molar-refractivity contribution in [1.29, 1.82) is 0 Å². The zero-order valence-electron chi connectivity index (χ0n) is 20.5. The van der Waals surface area contributed by atoms with Gasteiger partial charge < -0.3 is 9.64 Å². The van der Waals surface area contributed by atoms with E-state index in [9.17, 15) is 17.6 Å². The van der Waals surface area contributed by atoms with Crippen molar-refractivity contribution in [2.24, 2.45) is 0 Å². The highest BCUT2D eigenvalue weighted by molar-refractivity contribution is 7.89. The fourth-order valence-electron chi connectivity index (χ4n) is 4.17. The van der Waals surface area contributed by atoms with Crippen LogP contribution in [0.3, 0.4) is 0 Å². The molecule has 1 fully saturated rings. The molecule has 0 spiro atoms. The second-order valence-electron chi connectivity index (χ2n) is 9.13. The minimum absolute atomic E-state index is 0.116. The Labute approximate surface area is 216 Å². The average molecular weight is 531 g/mol. The van der Waals surface area contributed by atoms with Crippen molar-refractivity contribution in [3.63, 3.8) is 0 Å². The molecule has 2 heterocycles. The van der Waals surface area contributed by atoms with E-state index in [1.54, 1.807) is 52.6 Å². The number of hydrogen-bond donors (Lipinski definition) is 0. The lowest BCUT2D eigenvalue weighted by molar-refractivity contribution is -0.132. The second-order valence-corrected chi connectivity index (χ2v) is 12.4. The minimum Gasteiger partial charge on any atom is -0.377 e. The maximum Gasteiger partial charge on any atom is 0.243 e. The normalized spacial score (nSPS) is 15.9. The molecule has 0 N–H and O–H groups in total. The van der Waals surface area contributed by atoms with Crippen molar-refractivity contribution in [3.8, 4) is 0 Å². The Kier molecular flexibility index (Phi) is 8.56. The zero-order valence-corrected chi connectivity index (χ0v) is 22.2. The quantitative estimate of drug-likeness (QED) is 0.374. The zero-order chi connectivity index (χ0) is 25.7. The van der Waals surface area contributed by atoms with E-state index >= 15 is 0 Å². The van der Waals surface area contributed by atoms with Crippen molar-refractivity contribution in [2.75, 3.05) is 19.7 Å². The molecule has 0 aliphatic carbocycles. The molecule has 9 heteroatoms. The first-order chi connectivity index (χ1) is 17.2. The number of amides is 1. The molecule has 2 aromatic carbocycles. The molecular weight excluding hydrogens is 499 g/mol. The van der Waals surface area contributed by atoms with Crippen molar-refractivity contribution < 1.29 is 22.3 Å². The molecule has 6 nitrogen and oxygen atoms in total. The van der Waals surface area contributed by atoms with Crippen LogP contribution in [-0.2, 0) is 32.6 Å². The molecule has 1 aromatic heterocycles. The van der Waals surface area contributed by atoms with Crippen LogP contribution in [0.25, 0.3) is 0 Å². The number of rotatable bonds is 10. The van der Waals surface area contributed by atoms with Gasteiger partial charge in [0.15, 0.2) is 0 Å². The van der Waals surface area contributed by atoms with E-state index in [0.717, 1.165) is 33.7 Å². The highest BCUT2D eigenvalue weighted by Gasteiger charge is 2.32. The van der Waals surface area contributed by atoms with Crippen LogP contribution in [0.5, 0.6) is 0 Å². The van der Waals surface area contributed by atoms with Crippen LogP contribution in [0.4, 0.5) is 4.39 Å². The monoisotopic (exact) mass is 530 g/mol. The van der Waals surface area contributed by atoms with Gasteiger partial charge in [0.25, 0.3) is 0 Å². The summed E-state index contributed by atoms with van der Waals surface area (Å²) < 4.78 is 47.6. The Morgan fingerprint density at radius 1 is 1.03 bits per heavy atom. The van der Waals surface area contributed by atoms with Gasteiger partial charge in [0.1, 0.15) is 5.82 Å². The van der Waals surface area contributed by atoms with Crippen LogP contribution in [-0.4, -0.2) is 49.3 Å². The number of carbonyl (C=O) groups excluding carboxylic acids is 1. The smallest absolute Gasteiger partial charge is 0.243 e. The van der Waals surface area contributed by atoms with Crippen molar-refractivity contribution in [2.45, 2.75) is 50.8 Å². The van der Waals surface area contributed by atoms with E-state index < -0.39 is 10.0 Å². The topological polar surface area (TPSA) is 66.9 Å². The van der Waals surface area contributed by atoms with E-state index in [2.05, 4.69) is 0 Å². The van der Waals surface area contributed by atoms with Gasteiger partial charge in [-0.05, 0) is 68.7 Å². The maximum atomic E-state index is 13.7. The van der Waals surface area contributed by atoms with Crippen LogP contribution in [0.2, 0.25) is 0 Å². The molecule has 3 aromatic rings. The molecule has 1 unspecified atom stereocenters. The number of carbonyl (C=O) groups is 1. The number of thiophene rings is 1. The van der Waals surface area contributed by atoms with Gasteiger partial charge in [-0.15, -0.1) is 11.3 Å². The summed E-state index contributed by atoms with van der Waals surface area (Å²) in [6.45, 7) is 4.88. The minimum atomic E-state index is -3.92. The largest absolute Gasteiger partial charge is 0.377 e. The van der Waals surface area contributed by atoms with Crippen molar-refractivity contribution in [3.05, 3.63) is 87.4 Å². The first-order valence-corrected chi connectivity index (χ1v) is 14.2. The Hall–Kier alpha value is -2.59. The lowest BCUT2D eigenvalue weighted by Gasteiger charge is -2.28. The summed E-state index contributed by atoms with van der Waals surface area (Å²) in [5.41, 5.74) is 1.72. The van der Waals surface area contributed by atoms with Gasteiger partial charge in [-0.1, -0.05) is 29.8 Å². The van der Waals surface area contributed by atoms with Crippen LogP contribution < -0.4 is 0 Å². The molecule has 1 aliphatic heterocycles. The summed E-state index contributed by atoms with van der Waals surface area (Å²) in [6, 6.07) is 16.6. The van der Waals surface area contributed by atoms with E-state index in [0.29, 0.717) is 13.2 Å². The third-order valence-electron chi connectivity index (χ3n) is 6.18. The summed E-state index contributed by atoms with van der Waals surface area (Å²) in [7, 11) is -3.92. The Balaban J connectivity index is 1.60. The molecular formula is C27H31FN2O4S2. The van der Waals surface area contributed by atoms with Crippen LogP contribution in [0.15, 0.2) is 65.6 Å². The predicted octanol–water partition coefficient (Wildman–Crippen LogP) is 4.90. The molecule has 192 valence electrons. The van der Waals surface area contributed by atoms with Gasteiger partial charge in [0.05, 0.1) is 24.1 Å². The summed E-state index contributed by atoms with van der Waals surface area (Å²) in [5, 5.41) is 0. The summed E-state index contributed by atoms with van der Waals surface area (Å²) in [5.74, 6) is -0.670. The lowest BCUT2D eigenvalue weighted by atomic mass is 10.2. The second kappa shape index (κ2) is 11.6. The maximum absolute atomic E-state index is 13.7. The molecule has 0 bridgehead atoms. The average Bonchev–Trinajstić information content (AvgIpc) is 3.51. The first-order valence-electron chi connectivity index (χ1n) is 12.0. The molecule has 1 aliphatic rings. The van der Waals surface area contributed by atoms with Crippen LogP contribution in [0, 0.1) is 19.7 Å². The van der Waals surface area contributed by atoms with Gasteiger partial charge in [0, 0.05) is 29.5 Å². The van der Waals surface area contributed by atoms with E-state index in [1.165, 1.54) is 16.4 Å². The number of benzene rings is 2. The molecule has 0 saturated carbocycles. The molecule has 1 saturated heterocycles. The van der Waals surface area contributed by atoms with Crippen LogP contribution >= 0.6 is 11.3 Å². The Morgan fingerprint density at radius 3 is 2.36 bits per heavy atom. The number of aryl methyl sites for hydroxylation is 2. The Morgan fingerprint density at radius 2 is 1.75 bits per heavy atom. The molecule has 4 rings (SSSR count). The van der Waals surface area contributed by atoms with Crippen LogP contribution in [0.1, 0.15) is 33.7 Å². The lowest BCUT2D eigenvalue weighted by Crippen LogP contribution is -2.45. The Bertz CT molecular complexity index is 1270. The fraction of sp³-hybridized carbons (Fsp3) is 0.370. The SMILES string of the molecule is Cc1ccc(S(=O)(=O)N(CC(=O)N(Cc2ccc(F)cc2)Cc2ccc(C)s2)CC2CCCO2)cc1. The van der Waals surface area contributed by atoms with Gasteiger partial charge in [-0.25, -0.2) is 12.8 Å². The summed E-state index contributed by atoms with van der Waals surface area (Å²) >= 11 is 1.59. The third-order valence-corrected chi connectivity index (χ3v) is 9.00. The molecule has 1 amide bonds. The standard InChI is InChI=1S/C27H31FN2O4S2/c1-20-5-13-26(14-6-20)36(32,33)30(17-24-4-3-15-34-24)19-27(31)29(18-25-12-7-21(2)35-25)16-22-8-10-23(28)11-9-22/h5-14,24H,3-4,15-19H2,1-2H3. The molecule has 36 heavy (non-hydrogen) atoms. The number of ether oxygens (including phenoxy) is 1. The molecule has 1 atom stereocenters. The number of nitrogens with zero attached hydrogens (tertiary/aromatic N) is 2. The highest BCUT2D eigenvalue weighted by Crippen LogP contribution is 2.23. The van der Waals surface area contributed by atoms with Gasteiger partial charge in [-0.3, -0.25) is 4.79 Å². The van der Waals surface area contributed by atoms with Crippen molar-refractivity contribution >= 4 is 27.3 Å². The number of hydrogen-bond acceptors (Lipinski definition) is 5. The summed E-state index contributed by atoms with van der Waals surface area (Å²) in [4.78, 5) is 17.6. The van der Waals surface area contributed by atoms with Gasteiger partial charge >= 0.3 is 0 Å².